The van der Waals surface area contributed by atoms with Gasteiger partial charge in [-0.2, -0.15) is 9.78 Å². The van der Waals surface area contributed by atoms with Gasteiger partial charge in [0.25, 0.3) is 5.56 Å². The van der Waals surface area contributed by atoms with Crippen LogP contribution in [0.25, 0.3) is 10.9 Å². The lowest BCUT2D eigenvalue weighted by Crippen LogP contribution is -2.29. The molecule has 3 rings (SSSR count). The topological polar surface area (TPSA) is 56.5 Å². The predicted molar refractivity (Wildman–Crippen MR) is 127 cm³/mol. The zero-order valence-electron chi connectivity index (χ0n) is 18.4. The smallest absolute Gasteiger partial charge is 0.282 e. The van der Waals surface area contributed by atoms with Gasteiger partial charge in [0, 0.05) is 15.5 Å². The van der Waals surface area contributed by atoms with E-state index in [1.54, 1.807) is 12.3 Å². The van der Waals surface area contributed by atoms with Crippen LogP contribution in [-0.2, 0) is 5.41 Å². The number of ether oxygens (including phenoxy) is 1. The molecular formula is C24H28BrN3O2. The molecule has 1 aromatic heterocycles. The van der Waals surface area contributed by atoms with E-state index in [0.29, 0.717) is 23.3 Å². The molecule has 3 aromatic rings. The van der Waals surface area contributed by atoms with E-state index in [1.807, 2.05) is 57.2 Å². The van der Waals surface area contributed by atoms with Crippen molar-refractivity contribution in [1.82, 2.24) is 9.66 Å². The number of halogens is 1. The minimum atomic E-state index is -0.361. The number of fused-ring (bicyclic) bond motifs is 1. The van der Waals surface area contributed by atoms with Crippen LogP contribution >= 0.6 is 15.9 Å². The van der Waals surface area contributed by atoms with Gasteiger partial charge in [0.1, 0.15) is 11.6 Å². The van der Waals surface area contributed by atoms with E-state index in [0.717, 1.165) is 15.8 Å². The van der Waals surface area contributed by atoms with E-state index < -0.39 is 0 Å². The third-order valence-electron chi connectivity index (χ3n) is 4.37. The van der Waals surface area contributed by atoms with Gasteiger partial charge >= 0.3 is 0 Å². The third kappa shape index (κ3) is 5.17. The van der Waals surface area contributed by atoms with Crippen LogP contribution in [0.1, 0.15) is 52.9 Å². The fraction of sp³-hybridized carbons (Fsp3) is 0.375. The van der Waals surface area contributed by atoms with Gasteiger partial charge in [0.05, 0.1) is 23.7 Å². The average Bonchev–Trinajstić information content (AvgIpc) is 2.65. The SMILES string of the molecule is CC(C)(C)COc1ccccc1C=Nn1c(C(C)(C)C)nc2ccc(Br)cc2c1=O. The molecule has 0 aliphatic carbocycles. The lowest BCUT2D eigenvalue weighted by atomic mass is 9.95. The molecule has 6 heteroatoms. The van der Waals surface area contributed by atoms with Crippen molar-refractivity contribution in [1.29, 1.82) is 0 Å². The van der Waals surface area contributed by atoms with E-state index in [1.165, 1.54) is 4.68 Å². The van der Waals surface area contributed by atoms with Crippen molar-refractivity contribution in [3.8, 4) is 5.75 Å². The Labute approximate surface area is 185 Å². The maximum absolute atomic E-state index is 13.3. The van der Waals surface area contributed by atoms with Crippen LogP contribution in [0.3, 0.4) is 0 Å². The molecule has 2 aromatic carbocycles. The summed E-state index contributed by atoms with van der Waals surface area (Å²) in [6.07, 6.45) is 1.67. The van der Waals surface area contributed by atoms with E-state index in [4.69, 9.17) is 9.72 Å². The summed E-state index contributed by atoms with van der Waals surface area (Å²) >= 11 is 3.44. The summed E-state index contributed by atoms with van der Waals surface area (Å²) in [4.78, 5) is 18.0. The largest absolute Gasteiger partial charge is 0.492 e. The zero-order chi connectivity index (χ0) is 22.1. The van der Waals surface area contributed by atoms with Crippen molar-refractivity contribution in [2.45, 2.75) is 47.0 Å². The Morgan fingerprint density at radius 1 is 1.10 bits per heavy atom. The quantitative estimate of drug-likeness (QED) is 0.456. The lowest BCUT2D eigenvalue weighted by molar-refractivity contribution is 0.197. The van der Waals surface area contributed by atoms with Crippen LogP contribution in [-0.4, -0.2) is 22.5 Å². The molecule has 1 heterocycles. The van der Waals surface area contributed by atoms with Crippen LogP contribution in [0.2, 0.25) is 0 Å². The monoisotopic (exact) mass is 469 g/mol. The molecule has 5 nitrogen and oxygen atoms in total. The Hall–Kier alpha value is -2.47. The van der Waals surface area contributed by atoms with Gasteiger partial charge in [0.2, 0.25) is 0 Å². The lowest BCUT2D eigenvalue weighted by Gasteiger charge is -2.21. The summed E-state index contributed by atoms with van der Waals surface area (Å²) in [5.41, 5.74) is 0.947. The first-order chi connectivity index (χ1) is 14.0. The van der Waals surface area contributed by atoms with Crippen molar-refractivity contribution in [2.24, 2.45) is 10.5 Å². The first-order valence-electron chi connectivity index (χ1n) is 9.95. The highest BCUT2D eigenvalue weighted by molar-refractivity contribution is 9.10. The molecule has 0 fully saturated rings. The fourth-order valence-electron chi connectivity index (χ4n) is 2.87. The van der Waals surface area contributed by atoms with Gasteiger partial charge in [-0.05, 0) is 35.7 Å². The van der Waals surface area contributed by atoms with Crippen LogP contribution in [0, 0.1) is 5.41 Å². The Morgan fingerprint density at radius 3 is 2.47 bits per heavy atom. The second-order valence-corrected chi connectivity index (χ2v) is 10.5. The van der Waals surface area contributed by atoms with E-state index in [9.17, 15) is 4.79 Å². The molecule has 0 saturated heterocycles. The summed E-state index contributed by atoms with van der Waals surface area (Å²) in [7, 11) is 0. The molecule has 0 aliphatic rings. The molecule has 158 valence electrons. The third-order valence-corrected chi connectivity index (χ3v) is 4.86. The number of rotatable bonds is 4. The number of nitrogens with zero attached hydrogens (tertiary/aromatic N) is 3. The van der Waals surface area contributed by atoms with Gasteiger partial charge < -0.3 is 4.74 Å². The molecule has 0 radical (unpaired) electrons. The standard InChI is InChI=1S/C24H28BrN3O2/c1-23(2,3)15-30-20-10-8-7-9-16(20)14-26-28-21(29)18-13-17(25)11-12-19(18)27-22(28)24(4,5)6/h7-14H,15H2,1-6H3. The van der Waals surface area contributed by atoms with Crippen molar-refractivity contribution >= 4 is 33.0 Å². The minimum Gasteiger partial charge on any atom is -0.492 e. The number of hydrogen-bond acceptors (Lipinski definition) is 4. The molecule has 0 unspecified atom stereocenters. The second-order valence-electron chi connectivity index (χ2n) is 9.60. The maximum Gasteiger partial charge on any atom is 0.282 e. The highest BCUT2D eigenvalue weighted by atomic mass is 79.9. The summed E-state index contributed by atoms with van der Waals surface area (Å²) in [6.45, 7) is 13.0. The van der Waals surface area contributed by atoms with Gasteiger partial charge in [-0.1, -0.05) is 69.6 Å². The molecule has 30 heavy (non-hydrogen) atoms. The molecule has 0 bridgehead atoms. The predicted octanol–water partition coefficient (Wildman–Crippen LogP) is 5.76. The molecule has 0 saturated carbocycles. The van der Waals surface area contributed by atoms with Gasteiger partial charge in [-0.3, -0.25) is 4.79 Å². The first-order valence-corrected chi connectivity index (χ1v) is 10.7. The van der Waals surface area contributed by atoms with Crippen molar-refractivity contribution in [3.05, 3.63) is 68.7 Å². The minimum absolute atomic E-state index is 0.0379. The Kier molecular flexibility index (Phi) is 6.18. The molecular weight excluding hydrogens is 442 g/mol. The van der Waals surface area contributed by atoms with Crippen LogP contribution < -0.4 is 10.3 Å². The molecule has 0 amide bonds. The van der Waals surface area contributed by atoms with Gasteiger partial charge in [0.15, 0.2) is 0 Å². The van der Waals surface area contributed by atoms with E-state index in [-0.39, 0.29) is 16.4 Å². The Bertz CT molecular complexity index is 1150. The normalized spacial score (nSPS) is 12.6. The summed E-state index contributed by atoms with van der Waals surface area (Å²) in [6, 6.07) is 13.2. The Morgan fingerprint density at radius 2 is 1.80 bits per heavy atom. The van der Waals surface area contributed by atoms with Crippen molar-refractivity contribution in [2.75, 3.05) is 6.61 Å². The number of benzene rings is 2. The highest BCUT2D eigenvalue weighted by Gasteiger charge is 2.23. The van der Waals surface area contributed by atoms with Gasteiger partial charge in [-0.15, -0.1) is 0 Å². The van der Waals surface area contributed by atoms with Crippen molar-refractivity contribution in [3.63, 3.8) is 0 Å². The van der Waals surface area contributed by atoms with E-state index in [2.05, 4.69) is 41.8 Å². The molecule has 0 aliphatic heterocycles. The average molecular weight is 470 g/mol. The van der Waals surface area contributed by atoms with E-state index >= 15 is 0 Å². The molecule has 0 atom stereocenters. The Balaban J connectivity index is 2.11. The maximum atomic E-state index is 13.3. The van der Waals surface area contributed by atoms with Crippen LogP contribution in [0.4, 0.5) is 0 Å². The summed E-state index contributed by atoms with van der Waals surface area (Å²) in [5, 5.41) is 5.07. The number of aromatic nitrogens is 2. The highest BCUT2D eigenvalue weighted by Crippen LogP contribution is 2.24. The number of para-hydroxylation sites is 1. The van der Waals surface area contributed by atoms with Crippen LogP contribution in [0.5, 0.6) is 5.75 Å². The van der Waals surface area contributed by atoms with Crippen LogP contribution in [0.15, 0.2) is 56.8 Å². The number of hydrogen-bond donors (Lipinski definition) is 0. The fourth-order valence-corrected chi connectivity index (χ4v) is 3.24. The molecule has 0 spiro atoms. The molecule has 0 N–H and O–H groups in total. The van der Waals surface area contributed by atoms with Crippen molar-refractivity contribution < 1.29 is 4.74 Å². The first kappa shape index (κ1) is 22.2. The summed E-state index contributed by atoms with van der Waals surface area (Å²) < 4.78 is 8.23. The zero-order valence-corrected chi connectivity index (χ0v) is 19.9. The van der Waals surface area contributed by atoms with Gasteiger partial charge in [-0.25, -0.2) is 4.98 Å². The summed E-state index contributed by atoms with van der Waals surface area (Å²) in [5.74, 6) is 1.34. The second kappa shape index (κ2) is 8.34.